The van der Waals surface area contributed by atoms with E-state index in [1.165, 1.54) is 48.5 Å². The predicted molar refractivity (Wildman–Crippen MR) is 107 cm³/mol. The third kappa shape index (κ3) is 4.66. The van der Waals surface area contributed by atoms with Gasteiger partial charge in [0.2, 0.25) is 5.91 Å². The van der Waals surface area contributed by atoms with Crippen LogP contribution in [0.2, 0.25) is 0 Å². The average Bonchev–Trinajstić information content (AvgIpc) is 2.68. The molecule has 0 unspecified atom stereocenters. The summed E-state index contributed by atoms with van der Waals surface area (Å²) in [7, 11) is 0. The summed E-state index contributed by atoms with van der Waals surface area (Å²) in [4.78, 5) is 12.9. The molecule has 3 aromatic rings. The summed E-state index contributed by atoms with van der Waals surface area (Å²) < 4.78 is 41.7. The Labute approximate surface area is 167 Å². The van der Waals surface area contributed by atoms with E-state index < -0.39 is 35.3 Å². The minimum Gasteiger partial charge on any atom is -0.324 e. The molecule has 0 heterocycles. The number of rotatable bonds is 6. The summed E-state index contributed by atoms with van der Waals surface area (Å²) in [5.74, 6) is -2.78. The van der Waals surface area contributed by atoms with Gasteiger partial charge in [-0.1, -0.05) is 37.3 Å². The molecule has 0 fully saturated rings. The lowest BCUT2D eigenvalue weighted by Gasteiger charge is -2.25. The van der Waals surface area contributed by atoms with Gasteiger partial charge in [-0.15, -0.1) is 0 Å². The van der Waals surface area contributed by atoms with E-state index in [1.807, 2.05) is 0 Å². The van der Waals surface area contributed by atoms with E-state index in [0.29, 0.717) is 28.8 Å². The van der Waals surface area contributed by atoms with Gasteiger partial charge in [-0.3, -0.25) is 4.79 Å². The zero-order valence-electron chi connectivity index (χ0n) is 15.8. The molecular formula is C23H21F3N2O. The first-order chi connectivity index (χ1) is 13.9. The lowest BCUT2D eigenvalue weighted by Crippen LogP contribution is -2.41. The molecule has 0 saturated carbocycles. The van der Waals surface area contributed by atoms with Gasteiger partial charge < -0.3 is 11.1 Å². The molecule has 29 heavy (non-hydrogen) atoms. The summed E-state index contributed by atoms with van der Waals surface area (Å²) in [6.07, 6.45) is 0.384. The highest BCUT2D eigenvalue weighted by Gasteiger charge is 2.29. The molecule has 1 amide bonds. The molecule has 150 valence electrons. The van der Waals surface area contributed by atoms with E-state index in [1.54, 1.807) is 25.1 Å². The van der Waals surface area contributed by atoms with Gasteiger partial charge in [0.15, 0.2) is 0 Å². The first kappa shape index (κ1) is 20.6. The van der Waals surface area contributed by atoms with Gasteiger partial charge in [0, 0.05) is 17.2 Å². The molecule has 0 aliphatic rings. The number of anilines is 1. The Kier molecular flexibility index (Phi) is 6.34. The number of carbonyl (C=O) groups excluding carboxylic acids is 1. The summed E-state index contributed by atoms with van der Waals surface area (Å²) in [5, 5.41) is 2.66. The Morgan fingerprint density at radius 3 is 2.00 bits per heavy atom. The van der Waals surface area contributed by atoms with Crippen LogP contribution in [-0.4, -0.2) is 11.9 Å². The minimum absolute atomic E-state index is 0.324. The van der Waals surface area contributed by atoms with Gasteiger partial charge in [0.05, 0.1) is 6.04 Å². The third-order valence-corrected chi connectivity index (χ3v) is 4.81. The maximum absolute atomic E-state index is 14.0. The van der Waals surface area contributed by atoms with Gasteiger partial charge in [-0.2, -0.15) is 0 Å². The van der Waals surface area contributed by atoms with Gasteiger partial charge in [0.25, 0.3) is 0 Å². The Bertz CT molecular complexity index is 977. The second kappa shape index (κ2) is 8.92. The summed E-state index contributed by atoms with van der Waals surface area (Å²) in [5.41, 5.74) is 7.82. The molecule has 3 rings (SSSR count). The van der Waals surface area contributed by atoms with Crippen molar-refractivity contribution in [2.45, 2.75) is 25.3 Å². The number of benzene rings is 3. The summed E-state index contributed by atoms with van der Waals surface area (Å²) in [6, 6.07) is 14.6. The molecule has 0 aliphatic carbocycles. The fraction of sp³-hybridized carbons (Fsp3) is 0.174. The van der Waals surface area contributed by atoms with Crippen LogP contribution in [0.25, 0.3) is 0 Å². The van der Waals surface area contributed by atoms with Gasteiger partial charge in [0.1, 0.15) is 17.5 Å². The van der Waals surface area contributed by atoms with E-state index >= 15 is 0 Å². The van der Waals surface area contributed by atoms with Crippen molar-refractivity contribution in [1.29, 1.82) is 0 Å². The lowest BCUT2D eigenvalue weighted by atomic mass is 9.85. The monoisotopic (exact) mass is 398 g/mol. The molecule has 0 aliphatic heterocycles. The largest absolute Gasteiger partial charge is 0.324 e. The second-order valence-electron chi connectivity index (χ2n) is 6.72. The van der Waals surface area contributed by atoms with Gasteiger partial charge in [-0.05, 0) is 53.9 Å². The molecule has 3 N–H and O–H groups in total. The Morgan fingerprint density at radius 1 is 0.931 bits per heavy atom. The highest BCUT2D eigenvalue weighted by molar-refractivity contribution is 5.96. The topological polar surface area (TPSA) is 55.1 Å². The number of hydrogen-bond acceptors (Lipinski definition) is 2. The molecule has 0 aromatic heterocycles. The maximum Gasteiger partial charge on any atom is 0.242 e. The maximum atomic E-state index is 14.0. The van der Waals surface area contributed by atoms with E-state index in [9.17, 15) is 18.0 Å². The molecule has 1 atom stereocenters. The van der Waals surface area contributed by atoms with E-state index in [4.69, 9.17) is 5.73 Å². The van der Waals surface area contributed by atoms with E-state index in [0.717, 1.165) is 0 Å². The van der Waals surface area contributed by atoms with Crippen molar-refractivity contribution in [1.82, 2.24) is 0 Å². The normalized spacial score (nSPS) is 12.1. The zero-order valence-corrected chi connectivity index (χ0v) is 15.8. The number of carbonyl (C=O) groups is 1. The number of halogens is 3. The minimum atomic E-state index is -1.16. The summed E-state index contributed by atoms with van der Waals surface area (Å²) >= 11 is 0. The third-order valence-electron chi connectivity index (χ3n) is 4.81. The number of nitrogens with one attached hydrogen (secondary N) is 1. The summed E-state index contributed by atoms with van der Waals surface area (Å²) in [6.45, 7) is 1.77. The fourth-order valence-electron chi connectivity index (χ4n) is 3.41. The second-order valence-corrected chi connectivity index (χ2v) is 6.72. The van der Waals surface area contributed by atoms with Crippen LogP contribution in [-0.2, 0) is 11.2 Å². The van der Waals surface area contributed by atoms with Crippen LogP contribution in [0.1, 0.15) is 29.5 Å². The molecule has 6 heteroatoms. The first-order valence-corrected chi connectivity index (χ1v) is 9.25. The molecule has 3 aromatic carbocycles. The van der Waals surface area contributed by atoms with Crippen LogP contribution >= 0.6 is 0 Å². The van der Waals surface area contributed by atoms with Crippen LogP contribution in [0.4, 0.5) is 18.9 Å². The lowest BCUT2D eigenvalue weighted by molar-refractivity contribution is -0.117. The smallest absolute Gasteiger partial charge is 0.242 e. The Morgan fingerprint density at radius 2 is 1.48 bits per heavy atom. The van der Waals surface area contributed by atoms with Crippen LogP contribution in [0.5, 0.6) is 0 Å². The molecule has 0 bridgehead atoms. The number of hydrogen-bond donors (Lipinski definition) is 2. The predicted octanol–water partition coefficient (Wildman–Crippen LogP) is 4.76. The number of nitrogens with two attached hydrogens (primary N) is 1. The Balaban J connectivity index is 1.97. The molecular weight excluding hydrogens is 377 g/mol. The molecule has 0 radical (unpaired) electrons. The Hall–Kier alpha value is -3.12. The quantitative estimate of drug-likeness (QED) is 0.629. The van der Waals surface area contributed by atoms with E-state index in [-0.39, 0.29) is 0 Å². The molecule has 3 nitrogen and oxygen atoms in total. The fourth-order valence-corrected chi connectivity index (χ4v) is 3.41. The van der Waals surface area contributed by atoms with Crippen molar-refractivity contribution in [2.75, 3.05) is 5.32 Å². The van der Waals surface area contributed by atoms with Crippen LogP contribution in [0.15, 0.2) is 66.7 Å². The molecule has 0 spiro atoms. The first-order valence-electron chi connectivity index (χ1n) is 9.25. The van der Waals surface area contributed by atoms with Crippen molar-refractivity contribution in [3.05, 3.63) is 101 Å². The zero-order chi connectivity index (χ0) is 21.0. The standard InChI is InChI=1S/C23H21F3N2O/c1-2-18-19(26)10-5-11-20(18)28-23(29)22(27)21(14-6-3-8-16(24)12-14)15-7-4-9-17(25)13-15/h3-13,21-22H,2,27H2,1H3,(H,28,29)/t22-/m0/s1. The highest BCUT2D eigenvalue weighted by atomic mass is 19.1. The van der Waals surface area contributed by atoms with Crippen molar-refractivity contribution >= 4 is 11.6 Å². The van der Waals surface area contributed by atoms with Gasteiger partial charge >= 0.3 is 0 Å². The van der Waals surface area contributed by atoms with Crippen LogP contribution in [0, 0.1) is 17.5 Å². The molecule has 0 saturated heterocycles. The van der Waals surface area contributed by atoms with Gasteiger partial charge in [-0.25, -0.2) is 13.2 Å². The van der Waals surface area contributed by atoms with E-state index in [2.05, 4.69) is 5.32 Å². The number of amides is 1. The van der Waals surface area contributed by atoms with Crippen molar-refractivity contribution in [2.24, 2.45) is 5.73 Å². The van der Waals surface area contributed by atoms with Crippen LogP contribution in [0.3, 0.4) is 0 Å². The van der Waals surface area contributed by atoms with Crippen molar-refractivity contribution in [3.63, 3.8) is 0 Å². The van der Waals surface area contributed by atoms with Crippen molar-refractivity contribution < 1.29 is 18.0 Å². The van der Waals surface area contributed by atoms with Crippen LogP contribution < -0.4 is 11.1 Å². The average molecular weight is 398 g/mol. The highest BCUT2D eigenvalue weighted by Crippen LogP contribution is 2.29. The van der Waals surface area contributed by atoms with Crippen molar-refractivity contribution in [3.8, 4) is 0 Å². The SMILES string of the molecule is CCc1c(F)cccc1NC(=O)[C@@H](N)C(c1cccc(F)c1)c1cccc(F)c1.